The molecular formula is C18H23FN6O. The molecule has 8 heteroatoms. The van der Waals surface area contributed by atoms with Gasteiger partial charge in [-0.25, -0.2) is 9.07 Å². The lowest BCUT2D eigenvalue weighted by Gasteiger charge is -2.25. The fourth-order valence-electron chi connectivity index (χ4n) is 4.39. The number of likely N-dealkylation sites (tertiary alicyclic amines) is 1. The van der Waals surface area contributed by atoms with E-state index in [0.717, 1.165) is 24.9 Å². The number of nitrogens with two attached hydrogens (primary N) is 1. The van der Waals surface area contributed by atoms with Gasteiger partial charge in [-0.1, -0.05) is 12.1 Å². The summed E-state index contributed by atoms with van der Waals surface area (Å²) in [6.45, 7) is 3.18. The van der Waals surface area contributed by atoms with E-state index in [2.05, 4.69) is 15.5 Å². The Morgan fingerprint density at radius 3 is 2.92 bits per heavy atom. The van der Waals surface area contributed by atoms with E-state index in [0.29, 0.717) is 30.6 Å². The SMILES string of the molecule is Cc1nnnn1C(Cc1cccc(F)c1)C(=O)N1CC2CCC(N)C2C1. The number of nitrogens with zero attached hydrogens (tertiary/aromatic N) is 5. The van der Waals surface area contributed by atoms with Crippen LogP contribution >= 0.6 is 0 Å². The van der Waals surface area contributed by atoms with Gasteiger partial charge in [-0.2, -0.15) is 0 Å². The minimum Gasteiger partial charge on any atom is -0.340 e. The summed E-state index contributed by atoms with van der Waals surface area (Å²) in [7, 11) is 0. The summed E-state index contributed by atoms with van der Waals surface area (Å²) in [5.41, 5.74) is 6.94. The predicted octanol–water partition coefficient (Wildman–Crippen LogP) is 1.10. The molecule has 0 bridgehead atoms. The summed E-state index contributed by atoms with van der Waals surface area (Å²) in [6, 6.07) is 5.91. The van der Waals surface area contributed by atoms with Gasteiger partial charge in [-0.3, -0.25) is 4.79 Å². The number of carbonyl (C=O) groups excluding carboxylic acids is 1. The van der Waals surface area contributed by atoms with Gasteiger partial charge in [0.05, 0.1) is 0 Å². The van der Waals surface area contributed by atoms with E-state index >= 15 is 0 Å². The first-order valence-corrected chi connectivity index (χ1v) is 9.06. The van der Waals surface area contributed by atoms with Crippen LogP contribution in [0.2, 0.25) is 0 Å². The average Bonchev–Trinajstić information content (AvgIpc) is 3.30. The molecule has 2 aliphatic rings. The number of halogens is 1. The molecule has 2 N–H and O–H groups in total. The molecule has 4 atom stereocenters. The van der Waals surface area contributed by atoms with E-state index in [1.165, 1.54) is 12.1 Å². The lowest BCUT2D eigenvalue weighted by molar-refractivity contribution is -0.134. The highest BCUT2D eigenvalue weighted by atomic mass is 19.1. The van der Waals surface area contributed by atoms with Crippen molar-refractivity contribution in [3.63, 3.8) is 0 Å². The number of benzene rings is 1. The molecule has 4 rings (SSSR count). The normalized spacial score (nSPS) is 26.1. The number of aryl methyl sites for hydroxylation is 1. The molecule has 2 aromatic rings. The minimum absolute atomic E-state index is 0.0220. The van der Waals surface area contributed by atoms with Crippen molar-refractivity contribution in [2.75, 3.05) is 13.1 Å². The van der Waals surface area contributed by atoms with Crippen LogP contribution in [0.1, 0.15) is 30.3 Å². The molecule has 0 spiro atoms. The van der Waals surface area contributed by atoms with Crippen molar-refractivity contribution >= 4 is 5.91 Å². The fourth-order valence-corrected chi connectivity index (χ4v) is 4.39. The van der Waals surface area contributed by atoms with Gasteiger partial charge in [-0.05, 0) is 59.7 Å². The van der Waals surface area contributed by atoms with E-state index in [9.17, 15) is 9.18 Å². The number of fused-ring (bicyclic) bond motifs is 1. The van der Waals surface area contributed by atoms with E-state index in [-0.39, 0.29) is 17.8 Å². The third-order valence-electron chi connectivity index (χ3n) is 5.78. The zero-order chi connectivity index (χ0) is 18.3. The third kappa shape index (κ3) is 3.09. The summed E-state index contributed by atoms with van der Waals surface area (Å²) >= 11 is 0. The number of carbonyl (C=O) groups is 1. The van der Waals surface area contributed by atoms with Crippen LogP contribution in [-0.4, -0.2) is 50.1 Å². The second-order valence-electron chi connectivity index (χ2n) is 7.43. The second kappa shape index (κ2) is 6.75. The molecule has 26 heavy (non-hydrogen) atoms. The van der Waals surface area contributed by atoms with Gasteiger partial charge in [0.2, 0.25) is 5.91 Å². The Kier molecular flexibility index (Phi) is 4.44. The molecule has 1 saturated heterocycles. The Morgan fingerprint density at radius 2 is 2.23 bits per heavy atom. The monoisotopic (exact) mass is 358 g/mol. The van der Waals surface area contributed by atoms with Crippen molar-refractivity contribution in [3.8, 4) is 0 Å². The van der Waals surface area contributed by atoms with E-state index in [1.807, 2.05) is 11.0 Å². The Morgan fingerprint density at radius 1 is 1.38 bits per heavy atom. The fraction of sp³-hybridized carbons (Fsp3) is 0.556. The van der Waals surface area contributed by atoms with Crippen molar-refractivity contribution in [2.45, 2.75) is 38.3 Å². The van der Waals surface area contributed by atoms with Gasteiger partial charge < -0.3 is 10.6 Å². The van der Waals surface area contributed by atoms with Crippen LogP contribution < -0.4 is 5.73 Å². The number of rotatable bonds is 4. The van der Waals surface area contributed by atoms with Crippen molar-refractivity contribution in [3.05, 3.63) is 41.5 Å². The highest BCUT2D eigenvalue weighted by Crippen LogP contribution is 2.38. The maximum Gasteiger partial charge on any atom is 0.247 e. The zero-order valence-corrected chi connectivity index (χ0v) is 14.8. The molecule has 7 nitrogen and oxygen atoms in total. The van der Waals surface area contributed by atoms with Crippen molar-refractivity contribution < 1.29 is 9.18 Å². The molecule has 1 aromatic heterocycles. The molecule has 138 valence electrons. The molecular weight excluding hydrogens is 335 g/mol. The molecule has 1 aromatic carbocycles. The molecule has 1 saturated carbocycles. The van der Waals surface area contributed by atoms with Gasteiger partial charge in [-0.15, -0.1) is 5.10 Å². The Balaban J connectivity index is 1.59. The maximum absolute atomic E-state index is 13.6. The topological polar surface area (TPSA) is 89.9 Å². The van der Waals surface area contributed by atoms with Crippen molar-refractivity contribution in [1.29, 1.82) is 0 Å². The molecule has 0 radical (unpaired) electrons. The summed E-state index contributed by atoms with van der Waals surface area (Å²) in [6.07, 6.45) is 2.46. The zero-order valence-electron chi connectivity index (χ0n) is 14.8. The molecule has 1 aliphatic carbocycles. The van der Waals surface area contributed by atoms with Crippen LogP contribution in [0.3, 0.4) is 0 Å². The van der Waals surface area contributed by atoms with Crippen LogP contribution in [0.25, 0.3) is 0 Å². The minimum atomic E-state index is -0.582. The number of aromatic nitrogens is 4. The van der Waals surface area contributed by atoms with Crippen LogP contribution in [0.5, 0.6) is 0 Å². The van der Waals surface area contributed by atoms with Gasteiger partial charge >= 0.3 is 0 Å². The number of hydrogen-bond donors (Lipinski definition) is 1. The first-order chi connectivity index (χ1) is 12.5. The summed E-state index contributed by atoms with van der Waals surface area (Å²) in [4.78, 5) is 15.2. The highest BCUT2D eigenvalue weighted by molar-refractivity contribution is 5.81. The first-order valence-electron chi connectivity index (χ1n) is 9.06. The second-order valence-corrected chi connectivity index (χ2v) is 7.43. The van der Waals surface area contributed by atoms with Crippen LogP contribution in [-0.2, 0) is 11.2 Å². The third-order valence-corrected chi connectivity index (χ3v) is 5.78. The van der Waals surface area contributed by atoms with E-state index in [4.69, 9.17) is 5.73 Å². The molecule has 2 fully saturated rings. The van der Waals surface area contributed by atoms with Gasteiger partial charge in [0.1, 0.15) is 17.7 Å². The Labute approximate surface area is 151 Å². The molecule has 1 amide bonds. The number of hydrogen-bond acceptors (Lipinski definition) is 5. The van der Waals surface area contributed by atoms with E-state index < -0.39 is 6.04 Å². The largest absolute Gasteiger partial charge is 0.340 e. The van der Waals surface area contributed by atoms with Crippen LogP contribution in [0.4, 0.5) is 4.39 Å². The van der Waals surface area contributed by atoms with Crippen LogP contribution in [0, 0.1) is 24.6 Å². The maximum atomic E-state index is 13.6. The standard InChI is InChI=1S/C18H23FN6O/c1-11-21-22-23-25(11)17(8-12-3-2-4-14(19)7-12)18(26)24-9-13-5-6-16(20)15(13)10-24/h2-4,7,13,15-17H,5-6,8-10,20H2,1H3. The number of tetrazole rings is 1. The van der Waals surface area contributed by atoms with Crippen molar-refractivity contribution in [2.24, 2.45) is 17.6 Å². The van der Waals surface area contributed by atoms with Crippen molar-refractivity contribution in [1.82, 2.24) is 25.1 Å². The quantitative estimate of drug-likeness (QED) is 0.884. The highest BCUT2D eigenvalue weighted by Gasteiger charge is 2.44. The average molecular weight is 358 g/mol. The lowest BCUT2D eigenvalue weighted by Crippen LogP contribution is -2.39. The first kappa shape index (κ1) is 17.1. The van der Waals surface area contributed by atoms with E-state index in [1.54, 1.807) is 17.7 Å². The van der Waals surface area contributed by atoms with Gasteiger partial charge in [0.25, 0.3) is 0 Å². The Bertz CT molecular complexity index is 808. The van der Waals surface area contributed by atoms with Gasteiger partial charge in [0.15, 0.2) is 0 Å². The molecule has 4 unspecified atom stereocenters. The van der Waals surface area contributed by atoms with Crippen LogP contribution in [0.15, 0.2) is 24.3 Å². The lowest BCUT2D eigenvalue weighted by atomic mass is 9.98. The predicted molar refractivity (Wildman–Crippen MR) is 92.5 cm³/mol. The summed E-state index contributed by atoms with van der Waals surface area (Å²) in [5.74, 6) is 1.09. The summed E-state index contributed by atoms with van der Waals surface area (Å²) < 4.78 is 15.1. The smallest absolute Gasteiger partial charge is 0.247 e. The number of amides is 1. The van der Waals surface area contributed by atoms with Gasteiger partial charge in [0, 0.05) is 25.6 Å². The summed E-state index contributed by atoms with van der Waals surface area (Å²) in [5, 5.41) is 11.6. The molecule has 1 aliphatic heterocycles. The Hall–Kier alpha value is -2.35. The molecule has 2 heterocycles.